The molecule has 0 saturated heterocycles. The molecule has 5 nitrogen and oxygen atoms in total. The van der Waals surface area contributed by atoms with Crippen LogP contribution < -0.4 is 5.32 Å². The van der Waals surface area contributed by atoms with Crippen molar-refractivity contribution in [1.29, 1.82) is 0 Å². The molecule has 1 N–H and O–H groups in total. The van der Waals surface area contributed by atoms with Gasteiger partial charge in [-0.15, -0.1) is 0 Å². The van der Waals surface area contributed by atoms with Gasteiger partial charge < -0.3 is 5.32 Å². The van der Waals surface area contributed by atoms with Crippen LogP contribution in [-0.4, -0.2) is 19.7 Å². The molecule has 0 aromatic carbocycles. The molecule has 0 aliphatic rings. The highest BCUT2D eigenvalue weighted by molar-refractivity contribution is 9.10. The van der Waals surface area contributed by atoms with Gasteiger partial charge in [-0.1, -0.05) is 0 Å². The third-order valence-corrected chi connectivity index (χ3v) is 3.17. The maximum Gasteiger partial charge on any atom is 0.130 e. The van der Waals surface area contributed by atoms with Crippen LogP contribution in [0.25, 0.3) is 0 Å². The van der Waals surface area contributed by atoms with Gasteiger partial charge in [0.15, 0.2) is 0 Å². The number of anilines is 1. The Balaban J connectivity index is 2.12. The molecular weight excluding hydrogens is 282 g/mol. The van der Waals surface area contributed by atoms with E-state index >= 15 is 0 Å². The fourth-order valence-corrected chi connectivity index (χ4v) is 1.99. The molecule has 2 rings (SSSR count). The molecule has 0 saturated carbocycles. The Kier molecular flexibility index (Phi) is 3.42. The van der Waals surface area contributed by atoms with Gasteiger partial charge in [-0.3, -0.25) is 4.68 Å². The average molecular weight is 296 g/mol. The molecule has 6 heteroatoms. The third-order valence-electron chi connectivity index (χ3n) is 2.74. The van der Waals surface area contributed by atoms with Gasteiger partial charge in [-0.2, -0.15) is 5.10 Å². The van der Waals surface area contributed by atoms with E-state index in [0.717, 1.165) is 22.7 Å². The molecule has 0 aliphatic heterocycles. The Hall–Kier alpha value is -1.43. The summed E-state index contributed by atoms with van der Waals surface area (Å²) in [5.74, 6) is 0.800. The smallest absolute Gasteiger partial charge is 0.130 e. The number of hydrogen-bond acceptors (Lipinski definition) is 4. The normalized spacial score (nSPS) is 10.6. The van der Waals surface area contributed by atoms with Crippen molar-refractivity contribution < 1.29 is 0 Å². The summed E-state index contributed by atoms with van der Waals surface area (Å²) in [7, 11) is 1.95. The predicted molar refractivity (Wildman–Crippen MR) is 69.7 cm³/mol. The van der Waals surface area contributed by atoms with E-state index in [9.17, 15) is 0 Å². The molecule has 2 heterocycles. The minimum Gasteiger partial charge on any atom is -0.366 e. The topological polar surface area (TPSA) is 55.6 Å². The lowest BCUT2D eigenvalue weighted by atomic mass is 10.2. The lowest BCUT2D eigenvalue weighted by molar-refractivity contribution is 0.730. The number of rotatable bonds is 3. The van der Waals surface area contributed by atoms with Crippen molar-refractivity contribution in [3.63, 3.8) is 0 Å². The van der Waals surface area contributed by atoms with Crippen molar-refractivity contribution >= 4 is 21.7 Å². The van der Waals surface area contributed by atoms with Crippen LogP contribution in [-0.2, 0) is 13.6 Å². The quantitative estimate of drug-likeness (QED) is 0.882. The largest absolute Gasteiger partial charge is 0.366 e. The van der Waals surface area contributed by atoms with Gasteiger partial charge in [-0.05, 0) is 29.8 Å². The van der Waals surface area contributed by atoms with E-state index < -0.39 is 0 Å². The number of nitrogens with zero attached hydrogens (tertiary/aromatic N) is 4. The summed E-state index contributed by atoms with van der Waals surface area (Å²) in [5.41, 5.74) is 3.43. The molecule has 0 unspecified atom stereocenters. The highest BCUT2D eigenvalue weighted by Crippen LogP contribution is 2.15. The van der Waals surface area contributed by atoms with Gasteiger partial charge in [0, 0.05) is 30.9 Å². The van der Waals surface area contributed by atoms with Crippen LogP contribution in [0.1, 0.15) is 17.0 Å². The molecule has 17 heavy (non-hydrogen) atoms. The van der Waals surface area contributed by atoms with Crippen LogP contribution in [0.2, 0.25) is 0 Å². The number of aromatic nitrogens is 4. The molecule has 0 atom stereocenters. The second-order valence-corrected chi connectivity index (χ2v) is 4.66. The second kappa shape index (κ2) is 4.83. The van der Waals surface area contributed by atoms with Gasteiger partial charge in [-0.25, -0.2) is 9.97 Å². The van der Waals surface area contributed by atoms with Gasteiger partial charge >= 0.3 is 0 Å². The van der Waals surface area contributed by atoms with E-state index in [0.29, 0.717) is 0 Å². The van der Waals surface area contributed by atoms with Crippen LogP contribution in [0.5, 0.6) is 0 Å². The van der Waals surface area contributed by atoms with Crippen LogP contribution in [0.3, 0.4) is 0 Å². The van der Waals surface area contributed by atoms with E-state index in [-0.39, 0.29) is 0 Å². The van der Waals surface area contributed by atoms with Crippen molar-refractivity contribution in [2.45, 2.75) is 20.4 Å². The lowest BCUT2D eigenvalue weighted by Gasteiger charge is -2.05. The van der Waals surface area contributed by atoms with E-state index in [2.05, 4.69) is 43.2 Å². The first-order valence-electron chi connectivity index (χ1n) is 5.28. The number of hydrogen-bond donors (Lipinski definition) is 1. The highest BCUT2D eigenvalue weighted by Gasteiger charge is 2.08. The Labute approximate surface area is 108 Å². The molecule has 0 fully saturated rings. The van der Waals surface area contributed by atoms with Crippen LogP contribution in [0.4, 0.5) is 5.82 Å². The Morgan fingerprint density at radius 2 is 2.12 bits per heavy atom. The van der Waals surface area contributed by atoms with Crippen LogP contribution in [0, 0.1) is 13.8 Å². The summed E-state index contributed by atoms with van der Waals surface area (Å²) in [6.07, 6.45) is 1.52. The Morgan fingerprint density at radius 3 is 2.71 bits per heavy atom. The predicted octanol–water partition coefficient (Wildman–Crippen LogP) is 2.20. The summed E-state index contributed by atoms with van der Waals surface area (Å²) in [6.45, 7) is 4.79. The summed E-state index contributed by atoms with van der Waals surface area (Å²) in [6, 6.07) is 1.85. The molecule has 90 valence electrons. The fourth-order valence-electron chi connectivity index (χ4n) is 1.68. The van der Waals surface area contributed by atoms with Gasteiger partial charge in [0.1, 0.15) is 16.7 Å². The fraction of sp³-hybridized carbons (Fsp3) is 0.364. The first kappa shape index (κ1) is 12.0. The molecule has 0 radical (unpaired) electrons. The van der Waals surface area contributed by atoms with Gasteiger partial charge in [0.2, 0.25) is 0 Å². The molecule has 2 aromatic heterocycles. The van der Waals surface area contributed by atoms with E-state index in [1.54, 1.807) is 0 Å². The van der Waals surface area contributed by atoms with Crippen molar-refractivity contribution in [3.05, 3.63) is 33.9 Å². The minimum atomic E-state index is 0.717. The number of nitrogens with one attached hydrogen (secondary N) is 1. The first-order chi connectivity index (χ1) is 8.08. The van der Waals surface area contributed by atoms with Gasteiger partial charge in [0.05, 0.1) is 5.69 Å². The van der Waals surface area contributed by atoms with Gasteiger partial charge in [0.25, 0.3) is 0 Å². The summed E-state index contributed by atoms with van der Waals surface area (Å²) >= 11 is 3.31. The van der Waals surface area contributed by atoms with Crippen molar-refractivity contribution in [1.82, 2.24) is 19.7 Å². The SMILES string of the molecule is Cc1nn(C)c(C)c1CNc1cc(Br)ncn1. The third kappa shape index (κ3) is 2.63. The standard InChI is InChI=1S/C11H14BrN5/c1-7-9(8(2)17(3)16-7)5-13-11-4-10(12)14-6-15-11/h4,6H,5H2,1-3H3,(H,13,14,15). The number of aryl methyl sites for hydroxylation is 2. The zero-order valence-electron chi connectivity index (χ0n) is 10.0. The zero-order chi connectivity index (χ0) is 12.4. The zero-order valence-corrected chi connectivity index (χ0v) is 11.6. The molecule has 0 aliphatic carbocycles. The Morgan fingerprint density at radius 1 is 1.35 bits per heavy atom. The lowest BCUT2D eigenvalue weighted by Crippen LogP contribution is -2.04. The van der Waals surface area contributed by atoms with Crippen LogP contribution in [0.15, 0.2) is 17.0 Å². The molecule has 0 amide bonds. The second-order valence-electron chi connectivity index (χ2n) is 3.85. The minimum absolute atomic E-state index is 0.717. The molecule has 0 spiro atoms. The van der Waals surface area contributed by atoms with E-state index in [1.807, 2.05) is 24.7 Å². The van der Waals surface area contributed by atoms with E-state index in [4.69, 9.17) is 0 Å². The average Bonchev–Trinajstić information content (AvgIpc) is 2.51. The molecular formula is C11H14BrN5. The molecule has 2 aromatic rings. The van der Waals surface area contributed by atoms with Crippen molar-refractivity contribution in [2.75, 3.05) is 5.32 Å². The molecule has 0 bridgehead atoms. The summed E-state index contributed by atoms with van der Waals surface area (Å²) in [4.78, 5) is 8.12. The maximum atomic E-state index is 4.38. The van der Waals surface area contributed by atoms with Crippen LogP contribution >= 0.6 is 15.9 Å². The van der Waals surface area contributed by atoms with Crippen molar-refractivity contribution in [2.24, 2.45) is 7.05 Å². The monoisotopic (exact) mass is 295 g/mol. The summed E-state index contributed by atoms with van der Waals surface area (Å²) < 4.78 is 2.66. The number of halogens is 1. The van der Waals surface area contributed by atoms with Crippen molar-refractivity contribution in [3.8, 4) is 0 Å². The van der Waals surface area contributed by atoms with E-state index in [1.165, 1.54) is 17.6 Å². The highest BCUT2D eigenvalue weighted by atomic mass is 79.9. The Bertz CT molecular complexity index is 535. The maximum absolute atomic E-state index is 4.38. The summed E-state index contributed by atoms with van der Waals surface area (Å²) in [5, 5.41) is 7.64. The first-order valence-corrected chi connectivity index (χ1v) is 6.07.